The zero-order valence-corrected chi connectivity index (χ0v) is 17.3. The number of likely N-dealkylation sites (tertiary alicyclic amines) is 1. The Balaban J connectivity index is 2.12. The quantitative estimate of drug-likeness (QED) is 0.446. The molecule has 1 saturated heterocycles. The number of rotatable bonds is 6. The predicted molar refractivity (Wildman–Crippen MR) is 112 cm³/mol. The van der Waals surface area contributed by atoms with E-state index in [2.05, 4.69) is 0 Å². The van der Waals surface area contributed by atoms with Crippen molar-refractivity contribution in [3.05, 3.63) is 70.3 Å². The van der Waals surface area contributed by atoms with Gasteiger partial charge in [-0.25, -0.2) is 0 Å². The molecule has 0 spiro atoms. The van der Waals surface area contributed by atoms with Gasteiger partial charge in [-0.2, -0.15) is 0 Å². The van der Waals surface area contributed by atoms with Crippen molar-refractivity contribution in [1.29, 1.82) is 0 Å². The van der Waals surface area contributed by atoms with Crippen LogP contribution < -0.4 is 4.74 Å². The van der Waals surface area contributed by atoms with E-state index >= 15 is 0 Å². The summed E-state index contributed by atoms with van der Waals surface area (Å²) in [7, 11) is 5.36. The molecule has 1 atom stereocenters. The van der Waals surface area contributed by atoms with Crippen molar-refractivity contribution in [2.24, 2.45) is 0 Å². The van der Waals surface area contributed by atoms with Crippen LogP contribution in [0.25, 0.3) is 5.76 Å². The number of ketones is 1. The van der Waals surface area contributed by atoms with Crippen LogP contribution in [0.3, 0.4) is 0 Å². The number of hydrogen-bond acceptors (Lipinski definition) is 5. The number of ether oxygens (including phenoxy) is 1. The zero-order chi connectivity index (χ0) is 21.1. The Morgan fingerprint density at radius 2 is 1.72 bits per heavy atom. The molecule has 1 aliphatic rings. The molecule has 3 rings (SSSR count). The molecular weight excluding hydrogens is 392 g/mol. The van der Waals surface area contributed by atoms with Crippen LogP contribution in [0.4, 0.5) is 0 Å². The van der Waals surface area contributed by atoms with Gasteiger partial charge in [-0.1, -0.05) is 23.7 Å². The Labute approximate surface area is 174 Å². The van der Waals surface area contributed by atoms with Gasteiger partial charge in [0, 0.05) is 23.7 Å². The number of likely N-dealkylation sites (N-methyl/N-ethyl adjacent to an activating group) is 1. The number of Topliss-reactive ketones (excluding diaryl/α,β-unsaturated/α-hetero) is 1. The molecule has 2 aromatic rings. The second-order valence-corrected chi connectivity index (χ2v) is 7.51. The summed E-state index contributed by atoms with van der Waals surface area (Å²) in [4.78, 5) is 29.1. The van der Waals surface area contributed by atoms with Crippen molar-refractivity contribution >= 4 is 29.1 Å². The van der Waals surface area contributed by atoms with Crippen LogP contribution in [0, 0.1) is 0 Å². The number of carbonyl (C=O) groups is 2. The molecule has 29 heavy (non-hydrogen) atoms. The topological polar surface area (TPSA) is 70.1 Å². The van der Waals surface area contributed by atoms with Gasteiger partial charge in [0.25, 0.3) is 11.7 Å². The number of benzene rings is 2. The van der Waals surface area contributed by atoms with Gasteiger partial charge in [-0.05, 0) is 56.1 Å². The van der Waals surface area contributed by atoms with E-state index in [-0.39, 0.29) is 11.3 Å². The summed E-state index contributed by atoms with van der Waals surface area (Å²) in [6, 6.07) is 12.9. The van der Waals surface area contributed by atoms with Gasteiger partial charge in [-0.15, -0.1) is 0 Å². The Morgan fingerprint density at radius 1 is 1.10 bits per heavy atom. The summed E-state index contributed by atoms with van der Waals surface area (Å²) in [6.07, 6.45) is 0. The van der Waals surface area contributed by atoms with E-state index in [9.17, 15) is 14.7 Å². The van der Waals surface area contributed by atoms with E-state index in [0.29, 0.717) is 29.4 Å². The van der Waals surface area contributed by atoms with Gasteiger partial charge in [0.2, 0.25) is 0 Å². The molecule has 2 aromatic carbocycles. The third kappa shape index (κ3) is 4.28. The number of hydrogen-bond donors (Lipinski definition) is 1. The van der Waals surface area contributed by atoms with Gasteiger partial charge in [0.05, 0.1) is 18.7 Å². The Kier molecular flexibility index (Phi) is 6.25. The summed E-state index contributed by atoms with van der Waals surface area (Å²) < 4.78 is 5.21. The maximum absolute atomic E-state index is 12.9. The maximum Gasteiger partial charge on any atom is 0.295 e. The van der Waals surface area contributed by atoms with Crippen LogP contribution in [0.2, 0.25) is 5.02 Å². The molecule has 0 aromatic heterocycles. The smallest absolute Gasteiger partial charge is 0.295 e. The molecule has 1 heterocycles. The minimum absolute atomic E-state index is 0.0706. The lowest BCUT2D eigenvalue weighted by Crippen LogP contribution is -2.35. The molecule has 1 amide bonds. The van der Waals surface area contributed by atoms with Gasteiger partial charge >= 0.3 is 0 Å². The maximum atomic E-state index is 12.9. The first-order valence-electron chi connectivity index (χ1n) is 9.16. The van der Waals surface area contributed by atoms with Gasteiger partial charge in [-0.3, -0.25) is 9.59 Å². The van der Waals surface area contributed by atoms with Gasteiger partial charge in [0.15, 0.2) is 0 Å². The molecule has 7 heteroatoms. The first-order valence-corrected chi connectivity index (χ1v) is 9.54. The molecule has 1 fully saturated rings. The molecule has 0 aliphatic carbocycles. The third-order valence-corrected chi connectivity index (χ3v) is 5.13. The van der Waals surface area contributed by atoms with Crippen molar-refractivity contribution in [2.45, 2.75) is 6.04 Å². The lowest BCUT2D eigenvalue weighted by molar-refractivity contribution is -0.140. The standard InChI is InChI=1S/C22H23ClN2O4/c1-24(2)12-13-25-19(14-6-10-17(29-3)11-7-14)18(21(27)22(25)28)20(26)15-4-8-16(23)9-5-15/h4-11,19,26H,12-13H2,1-3H3/b20-18+/t19-/m0/s1. The minimum Gasteiger partial charge on any atom is -0.507 e. The fourth-order valence-corrected chi connectivity index (χ4v) is 3.44. The predicted octanol–water partition coefficient (Wildman–Crippen LogP) is 3.33. The number of amides is 1. The van der Waals surface area contributed by atoms with Crippen LogP contribution in [0.1, 0.15) is 17.2 Å². The lowest BCUT2D eigenvalue weighted by atomic mass is 9.95. The second-order valence-electron chi connectivity index (χ2n) is 7.08. The van der Waals surface area contributed by atoms with Crippen LogP contribution in [-0.4, -0.2) is 60.9 Å². The fraction of sp³-hybridized carbons (Fsp3) is 0.273. The number of carbonyl (C=O) groups excluding carboxylic acids is 2. The van der Waals surface area contributed by atoms with Crippen LogP contribution in [0.15, 0.2) is 54.1 Å². The number of methoxy groups -OCH3 is 1. The Morgan fingerprint density at radius 3 is 2.28 bits per heavy atom. The van der Waals surface area contributed by atoms with Gasteiger partial charge < -0.3 is 19.6 Å². The lowest BCUT2D eigenvalue weighted by Gasteiger charge is -2.26. The summed E-state index contributed by atoms with van der Waals surface area (Å²) in [5, 5.41) is 11.4. The molecule has 0 bridgehead atoms. The SMILES string of the molecule is COc1ccc([C@H]2/C(=C(\O)c3ccc(Cl)cc3)C(=O)C(=O)N2CCN(C)C)cc1. The first kappa shape index (κ1) is 20.9. The van der Waals surface area contributed by atoms with Gasteiger partial charge in [0.1, 0.15) is 11.5 Å². The summed E-state index contributed by atoms with van der Waals surface area (Å²) >= 11 is 5.93. The monoisotopic (exact) mass is 414 g/mol. The number of nitrogens with zero attached hydrogens (tertiary/aromatic N) is 2. The second kappa shape index (κ2) is 8.68. The van der Waals surface area contributed by atoms with Crippen molar-refractivity contribution in [2.75, 3.05) is 34.3 Å². The van der Waals surface area contributed by atoms with E-state index < -0.39 is 17.7 Å². The highest BCUT2D eigenvalue weighted by Gasteiger charge is 2.45. The van der Waals surface area contributed by atoms with Crippen molar-refractivity contribution in [3.8, 4) is 5.75 Å². The molecule has 0 saturated carbocycles. The summed E-state index contributed by atoms with van der Waals surface area (Å²) in [5.74, 6) is -0.870. The van der Waals surface area contributed by atoms with Crippen LogP contribution in [-0.2, 0) is 9.59 Å². The average Bonchev–Trinajstić information content (AvgIpc) is 2.97. The molecule has 1 aliphatic heterocycles. The molecule has 6 nitrogen and oxygen atoms in total. The van der Waals surface area contributed by atoms with E-state index in [1.807, 2.05) is 19.0 Å². The molecule has 0 unspecified atom stereocenters. The third-order valence-electron chi connectivity index (χ3n) is 4.88. The highest BCUT2D eigenvalue weighted by Crippen LogP contribution is 2.39. The highest BCUT2D eigenvalue weighted by molar-refractivity contribution is 6.46. The highest BCUT2D eigenvalue weighted by atomic mass is 35.5. The minimum atomic E-state index is -0.697. The molecular formula is C22H23ClN2O4. The number of halogens is 1. The van der Waals surface area contributed by atoms with Crippen LogP contribution in [0.5, 0.6) is 5.75 Å². The molecule has 0 radical (unpaired) electrons. The summed E-state index contributed by atoms with van der Waals surface area (Å²) in [5.41, 5.74) is 1.22. The number of aliphatic hydroxyl groups is 1. The van der Waals surface area contributed by atoms with Crippen molar-refractivity contribution in [3.63, 3.8) is 0 Å². The van der Waals surface area contributed by atoms with E-state index in [1.54, 1.807) is 55.6 Å². The van der Waals surface area contributed by atoms with E-state index in [0.717, 1.165) is 5.56 Å². The number of aliphatic hydroxyl groups excluding tert-OH is 1. The first-order chi connectivity index (χ1) is 13.8. The molecule has 152 valence electrons. The average molecular weight is 415 g/mol. The molecule has 1 N–H and O–H groups in total. The zero-order valence-electron chi connectivity index (χ0n) is 16.6. The van der Waals surface area contributed by atoms with Crippen molar-refractivity contribution in [1.82, 2.24) is 9.80 Å². The fourth-order valence-electron chi connectivity index (χ4n) is 3.31. The Hall–Kier alpha value is -2.83. The van der Waals surface area contributed by atoms with E-state index in [4.69, 9.17) is 16.3 Å². The normalized spacial score (nSPS) is 18.5. The largest absolute Gasteiger partial charge is 0.507 e. The van der Waals surface area contributed by atoms with E-state index in [1.165, 1.54) is 4.90 Å². The van der Waals surface area contributed by atoms with Crippen molar-refractivity contribution < 1.29 is 19.4 Å². The Bertz CT molecular complexity index is 936. The summed E-state index contributed by atoms with van der Waals surface area (Å²) in [6.45, 7) is 0.937. The van der Waals surface area contributed by atoms with Crippen LogP contribution >= 0.6 is 11.6 Å².